The number of nitrogens with zero attached hydrogens (tertiary/aromatic N) is 2. The smallest absolute Gasteiger partial charge is 0.259 e. The van der Waals surface area contributed by atoms with Crippen molar-refractivity contribution in [1.82, 2.24) is 4.31 Å². The van der Waals surface area contributed by atoms with E-state index in [0.717, 1.165) is 12.0 Å². The Morgan fingerprint density at radius 1 is 1.18 bits per heavy atom. The first-order chi connectivity index (χ1) is 13.3. The van der Waals surface area contributed by atoms with Crippen molar-refractivity contribution < 1.29 is 17.6 Å². The van der Waals surface area contributed by atoms with Gasteiger partial charge < -0.3 is 4.90 Å². The van der Waals surface area contributed by atoms with Crippen LogP contribution >= 0.6 is 15.9 Å². The minimum absolute atomic E-state index is 0.243. The molecule has 0 spiro atoms. The van der Waals surface area contributed by atoms with Gasteiger partial charge in [0.05, 0.1) is 10.5 Å². The van der Waals surface area contributed by atoms with E-state index in [1.54, 1.807) is 36.9 Å². The first-order valence-corrected chi connectivity index (χ1v) is 11.4. The van der Waals surface area contributed by atoms with Crippen molar-refractivity contribution in [2.75, 3.05) is 24.5 Å². The molecule has 0 aromatic heterocycles. The van der Waals surface area contributed by atoms with E-state index >= 15 is 0 Å². The zero-order chi connectivity index (χ0) is 20.5. The average Bonchev–Trinajstić information content (AvgIpc) is 2.67. The number of carbonyl (C=O) groups is 1. The predicted molar refractivity (Wildman–Crippen MR) is 111 cm³/mol. The van der Waals surface area contributed by atoms with Crippen molar-refractivity contribution in [3.63, 3.8) is 0 Å². The van der Waals surface area contributed by atoms with Gasteiger partial charge in [-0.05, 0) is 70.7 Å². The molecule has 0 radical (unpaired) electrons. The van der Waals surface area contributed by atoms with E-state index in [-0.39, 0.29) is 10.8 Å². The Morgan fingerprint density at radius 3 is 2.54 bits per heavy atom. The number of fused-ring (bicyclic) bond motifs is 1. The number of halogens is 2. The molecule has 3 rings (SSSR count). The first kappa shape index (κ1) is 21.0. The van der Waals surface area contributed by atoms with E-state index in [9.17, 15) is 17.6 Å². The van der Waals surface area contributed by atoms with Crippen molar-refractivity contribution in [1.29, 1.82) is 0 Å². The van der Waals surface area contributed by atoms with Crippen molar-refractivity contribution in [3.8, 4) is 0 Å². The molecule has 5 nitrogen and oxygen atoms in total. The molecule has 2 aromatic rings. The van der Waals surface area contributed by atoms with Crippen LogP contribution in [0.1, 0.15) is 36.2 Å². The molecule has 1 aliphatic heterocycles. The predicted octanol–water partition coefficient (Wildman–Crippen LogP) is 4.21. The van der Waals surface area contributed by atoms with Crippen LogP contribution in [0.3, 0.4) is 0 Å². The third-order valence-corrected chi connectivity index (χ3v) is 7.62. The third kappa shape index (κ3) is 3.86. The fourth-order valence-corrected chi connectivity index (χ4v) is 5.50. The summed E-state index contributed by atoms with van der Waals surface area (Å²) in [6.07, 6.45) is 1.43. The molecule has 1 heterocycles. The van der Waals surface area contributed by atoms with E-state index in [1.807, 2.05) is 0 Å². The molecule has 2 aromatic carbocycles. The normalized spacial score (nSPS) is 14.2. The molecule has 1 aliphatic rings. The monoisotopic (exact) mass is 468 g/mol. The summed E-state index contributed by atoms with van der Waals surface area (Å²) >= 11 is 3.25. The van der Waals surface area contributed by atoms with Crippen molar-refractivity contribution in [2.24, 2.45) is 0 Å². The van der Waals surface area contributed by atoms with Gasteiger partial charge >= 0.3 is 0 Å². The standard InChI is InChI=1S/C20H22BrFN2O3S/c1-3-23(4-2)28(26,27)16-8-10-19-14(12-16)6-5-11-24(19)20(25)17-9-7-15(22)13-18(17)21/h7-10,12-13H,3-6,11H2,1-2H3. The molecule has 8 heteroatoms. The van der Waals surface area contributed by atoms with E-state index in [1.165, 1.54) is 22.5 Å². The summed E-state index contributed by atoms with van der Waals surface area (Å²) in [4.78, 5) is 14.9. The fraction of sp³-hybridized carbons (Fsp3) is 0.350. The lowest BCUT2D eigenvalue weighted by Gasteiger charge is -2.30. The molecular weight excluding hydrogens is 447 g/mol. The topological polar surface area (TPSA) is 57.7 Å². The van der Waals surface area contributed by atoms with Gasteiger partial charge in [0, 0.05) is 29.8 Å². The second kappa shape index (κ2) is 8.31. The number of carbonyl (C=O) groups excluding carboxylic acids is 1. The van der Waals surface area contributed by atoms with Crippen LogP contribution in [0.25, 0.3) is 0 Å². The number of benzene rings is 2. The summed E-state index contributed by atoms with van der Waals surface area (Å²) in [6, 6.07) is 8.88. The van der Waals surface area contributed by atoms with Crippen LogP contribution in [0, 0.1) is 5.82 Å². The molecule has 0 N–H and O–H groups in total. The maximum atomic E-state index is 13.4. The van der Waals surface area contributed by atoms with Crippen LogP contribution in [-0.2, 0) is 16.4 Å². The van der Waals surface area contributed by atoms with E-state index in [4.69, 9.17) is 0 Å². The second-order valence-electron chi connectivity index (χ2n) is 6.56. The van der Waals surface area contributed by atoms with Crippen molar-refractivity contribution in [3.05, 3.63) is 57.8 Å². The third-order valence-electron chi connectivity index (χ3n) is 4.92. The van der Waals surface area contributed by atoms with Crippen molar-refractivity contribution >= 4 is 37.5 Å². The van der Waals surface area contributed by atoms with E-state index in [2.05, 4.69) is 15.9 Å². The molecule has 28 heavy (non-hydrogen) atoms. The Morgan fingerprint density at radius 2 is 1.89 bits per heavy atom. The first-order valence-electron chi connectivity index (χ1n) is 9.19. The lowest BCUT2D eigenvalue weighted by Crippen LogP contribution is -2.36. The molecule has 0 atom stereocenters. The van der Waals surface area contributed by atoms with Gasteiger partial charge in [-0.15, -0.1) is 0 Å². The highest BCUT2D eigenvalue weighted by atomic mass is 79.9. The summed E-state index contributed by atoms with van der Waals surface area (Å²) < 4.78 is 40.8. The van der Waals surface area contributed by atoms with Gasteiger partial charge in [-0.2, -0.15) is 4.31 Å². The van der Waals surface area contributed by atoms with Crippen LogP contribution in [0.4, 0.5) is 10.1 Å². The summed E-state index contributed by atoms with van der Waals surface area (Å²) in [7, 11) is -3.56. The van der Waals surface area contributed by atoms with Crippen LogP contribution < -0.4 is 4.90 Å². The minimum Gasteiger partial charge on any atom is -0.308 e. The van der Waals surface area contributed by atoms with Crippen LogP contribution in [-0.4, -0.2) is 38.3 Å². The molecule has 0 bridgehead atoms. The number of hydrogen-bond acceptors (Lipinski definition) is 3. The summed E-state index contributed by atoms with van der Waals surface area (Å²) in [5, 5.41) is 0. The largest absolute Gasteiger partial charge is 0.308 e. The average molecular weight is 469 g/mol. The van der Waals surface area contributed by atoms with Crippen LogP contribution in [0.15, 0.2) is 45.8 Å². The Bertz CT molecular complexity index is 1010. The highest BCUT2D eigenvalue weighted by Gasteiger charge is 2.28. The van der Waals surface area contributed by atoms with Gasteiger partial charge in [0.25, 0.3) is 5.91 Å². The number of aryl methyl sites for hydroxylation is 1. The van der Waals surface area contributed by atoms with E-state index < -0.39 is 15.8 Å². The lowest BCUT2D eigenvalue weighted by atomic mass is 10.0. The SMILES string of the molecule is CCN(CC)S(=O)(=O)c1ccc2c(c1)CCCN2C(=O)c1ccc(F)cc1Br. The minimum atomic E-state index is -3.56. The zero-order valence-corrected chi connectivity index (χ0v) is 18.2. The number of anilines is 1. The fourth-order valence-electron chi connectivity index (χ4n) is 3.47. The number of amides is 1. The summed E-state index contributed by atoms with van der Waals surface area (Å²) in [5.41, 5.74) is 1.89. The lowest BCUT2D eigenvalue weighted by molar-refractivity contribution is 0.0984. The van der Waals surface area contributed by atoms with Gasteiger partial charge in [-0.25, -0.2) is 12.8 Å². The molecule has 0 saturated heterocycles. The maximum Gasteiger partial charge on any atom is 0.259 e. The van der Waals surface area contributed by atoms with Gasteiger partial charge in [0.2, 0.25) is 10.0 Å². The number of sulfonamides is 1. The molecule has 0 fully saturated rings. The number of rotatable bonds is 5. The Balaban J connectivity index is 1.98. The van der Waals surface area contributed by atoms with Gasteiger partial charge in [0.1, 0.15) is 5.82 Å². The van der Waals surface area contributed by atoms with E-state index in [0.29, 0.717) is 41.8 Å². The van der Waals surface area contributed by atoms with Crippen LogP contribution in [0.2, 0.25) is 0 Å². The Kier molecular flexibility index (Phi) is 6.21. The molecular formula is C20H22BrFN2O3S. The van der Waals surface area contributed by atoms with Crippen LogP contribution in [0.5, 0.6) is 0 Å². The summed E-state index contributed by atoms with van der Waals surface area (Å²) in [5.74, 6) is -0.666. The molecule has 150 valence electrons. The number of hydrogen-bond donors (Lipinski definition) is 0. The molecule has 0 aliphatic carbocycles. The van der Waals surface area contributed by atoms with Gasteiger partial charge in [-0.1, -0.05) is 13.8 Å². The molecule has 0 saturated carbocycles. The Labute approximate surface area is 173 Å². The molecule has 1 amide bonds. The quantitative estimate of drug-likeness (QED) is 0.660. The highest BCUT2D eigenvalue weighted by molar-refractivity contribution is 9.10. The zero-order valence-electron chi connectivity index (χ0n) is 15.8. The van der Waals surface area contributed by atoms with Gasteiger partial charge in [0.15, 0.2) is 0 Å². The second-order valence-corrected chi connectivity index (χ2v) is 9.36. The Hall–Kier alpha value is -1.77. The van der Waals surface area contributed by atoms with Gasteiger partial charge in [-0.3, -0.25) is 4.79 Å². The summed E-state index contributed by atoms with van der Waals surface area (Å²) in [6.45, 7) is 4.94. The molecule has 0 unspecified atom stereocenters. The highest BCUT2D eigenvalue weighted by Crippen LogP contribution is 2.32. The maximum absolute atomic E-state index is 13.4. The van der Waals surface area contributed by atoms with Crippen molar-refractivity contribution in [2.45, 2.75) is 31.6 Å².